The van der Waals surface area contributed by atoms with Crippen LogP contribution >= 0.6 is 11.6 Å². The van der Waals surface area contributed by atoms with Crippen molar-refractivity contribution in [3.8, 4) is 0 Å². The Hall–Kier alpha value is -1.14. The van der Waals surface area contributed by atoms with Crippen molar-refractivity contribution in [2.75, 3.05) is 141 Å². The zero-order valence-corrected chi connectivity index (χ0v) is 56.5. The first-order valence-corrected chi connectivity index (χ1v) is 33.8. The largest absolute Gasteiger partial charge is 0.417 e. The van der Waals surface area contributed by atoms with Crippen LogP contribution in [0.2, 0.25) is 5.02 Å². The number of halogens is 4. The highest BCUT2D eigenvalue weighted by Gasteiger charge is 2.38. The zero-order valence-electron chi connectivity index (χ0n) is 55.7. The van der Waals surface area contributed by atoms with E-state index < -0.39 is 11.7 Å². The smallest absolute Gasteiger partial charge is 0.313 e. The molecule has 0 bridgehead atoms. The summed E-state index contributed by atoms with van der Waals surface area (Å²) in [4.78, 5) is 18.3. The second kappa shape index (κ2) is 37.6. The molecule has 1 saturated heterocycles. The van der Waals surface area contributed by atoms with E-state index in [0.717, 1.165) is 135 Å². The summed E-state index contributed by atoms with van der Waals surface area (Å²) in [5.41, 5.74) is 0.148. The van der Waals surface area contributed by atoms with Gasteiger partial charge in [0.1, 0.15) is 0 Å². The number of hydrogen-bond acceptors (Lipinski definition) is 11. The van der Waals surface area contributed by atoms with E-state index in [2.05, 4.69) is 167 Å². The molecule has 2 saturated carbocycles. The van der Waals surface area contributed by atoms with Crippen molar-refractivity contribution in [1.29, 1.82) is 0 Å². The van der Waals surface area contributed by atoms with Gasteiger partial charge in [-0.3, -0.25) is 0 Å². The summed E-state index contributed by atoms with van der Waals surface area (Å²) in [6.45, 7) is 35.4. The Bertz CT molecular complexity index is 1830. The molecular formula is C67H129ClF3N11. The van der Waals surface area contributed by atoms with Crippen LogP contribution in [0.25, 0.3) is 0 Å². The summed E-state index contributed by atoms with van der Waals surface area (Å²) < 4.78 is 41.4. The molecule has 1 aliphatic heterocycles. The SMILES string of the molecule is CC[C@H](C)[C@H]1CN(C)CCN(C)CCN(C)[C@@H](CC2CCCCC2)CN(C)CCN[C@@H](CCc2ccc(C(F)(F)F)c(Cl)c2)CN(C)[C@@H](CC(C)C)CNC2(CCCC2)CN(C)[C@@H](CC(C)C)CN[C@H](C)CCN(C)[C@@H](CC(C)C)CN1. The number of benzene rings is 1. The fourth-order valence-electron chi connectivity index (χ4n) is 13.9. The highest BCUT2D eigenvalue weighted by molar-refractivity contribution is 6.31. The van der Waals surface area contributed by atoms with E-state index in [4.69, 9.17) is 11.6 Å². The van der Waals surface area contributed by atoms with Crippen molar-refractivity contribution in [3.63, 3.8) is 0 Å². The first-order valence-electron chi connectivity index (χ1n) is 33.4. The molecule has 3 fully saturated rings. The summed E-state index contributed by atoms with van der Waals surface area (Å²) in [5, 5.41) is 16.3. The van der Waals surface area contributed by atoms with Crippen LogP contribution in [0.5, 0.6) is 0 Å². The number of likely N-dealkylation sites (N-methyl/N-ethyl adjacent to an activating group) is 7. The molecule has 4 N–H and O–H groups in total. The summed E-state index contributed by atoms with van der Waals surface area (Å²) >= 11 is 6.30. The topological polar surface area (TPSA) is 70.8 Å². The normalized spacial score (nSPS) is 28.8. The number of nitrogens with zero attached hydrogens (tertiary/aromatic N) is 7. The molecule has 0 radical (unpaired) electrons. The fraction of sp³-hybridized carbons (Fsp3) is 0.910. The van der Waals surface area contributed by atoms with Gasteiger partial charge in [0.15, 0.2) is 0 Å². The highest BCUT2D eigenvalue weighted by atomic mass is 35.5. The van der Waals surface area contributed by atoms with Gasteiger partial charge in [0, 0.05) is 133 Å². The van der Waals surface area contributed by atoms with Crippen LogP contribution in [0.15, 0.2) is 18.2 Å². The lowest BCUT2D eigenvalue weighted by atomic mass is 9.84. The lowest BCUT2D eigenvalue weighted by molar-refractivity contribution is -0.137. The van der Waals surface area contributed by atoms with Crippen LogP contribution < -0.4 is 21.3 Å². The molecule has 11 nitrogen and oxygen atoms in total. The number of hydrogen-bond donors (Lipinski definition) is 4. The summed E-state index contributed by atoms with van der Waals surface area (Å²) in [6, 6.07) is 7.07. The predicted octanol–water partition coefficient (Wildman–Crippen LogP) is 11.6. The molecule has 15 heteroatoms. The lowest BCUT2D eigenvalue weighted by Gasteiger charge is -2.41. The molecule has 8 atom stereocenters. The third-order valence-corrected chi connectivity index (χ3v) is 20.0. The van der Waals surface area contributed by atoms with Gasteiger partial charge in [0.2, 0.25) is 0 Å². The van der Waals surface area contributed by atoms with E-state index in [1.807, 2.05) is 0 Å². The van der Waals surface area contributed by atoms with Gasteiger partial charge in [-0.25, -0.2) is 0 Å². The van der Waals surface area contributed by atoms with E-state index in [9.17, 15) is 13.2 Å². The van der Waals surface area contributed by atoms with Crippen molar-refractivity contribution in [2.45, 2.75) is 225 Å². The molecule has 3 aliphatic rings. The van der Waals surface area contributed by atoms with Crippen LogP contribution in [0.3, 0.4) is 0 Å². The monoisotopic (exact) mass is 1180 g/mol. The van der Waals surface area contributed by atoms with Crippen LogP contribution in [0.4, 0.5) is 13.2 Å². The molecule has 1 aromatic carbocycles. The summed E-state index contributed by atoms with van der Waals surface area (Å²) in [5.74, 6) is 3.15. The third kappa shape index (κ3) is 27.5. The maximum absolute atomic E-state index is 13.8. The molecule has 0 aromatic heterocycles. The second-order valence-corrected chi connectivity index (χ2v) is 29.2. The van der Waals surface area contributed by atoms with E-state index in [1.165, 1.54) is 83.1 Å². The molecule has 82 heavy (non-hydrogen) atoms. The molecule has 1 spiro atoms. The third-order valence-electron chi connectivity index (χ3n) is 19.7. The highest BCUT2D eigenvalue weighted by Crippen LogP contribution is 2.36. The van der Waals surface area contributed by atoms with Crippen LogP contribution in [-0.2, 0) is 12.6 Å². The lowest BCUT2D eigenvalue weighted by Crippen LogP contribution is -2.58. The van der Waals surface area contributed by atoms with Gasteiger partial charge in [0.25, 0.3) is 0 Å². The maximum Gasteiger partial charge on any atom is 0.417 e. The van der Waals surface area contributed by atoms with Crippen LogP contribution in [0.1, 0.15) is 176 Å². The summed E-state index contributed by atoms with van der Waals surface area (Å²) in [7, 11) is 16.4. The first-order chi connectivity index (χ1) is 38.8. The molecule has 0 unspecified atom stereocenters. The number of nitrogens with one attached hydrogen (secondary N) is 4. The Labute approximate surface area is 508 Å². The van der Waals surface area contributed by atoms with Gasteiger partial charge in [0.05, 0.1) is 10.6 Å². The van der Waals surface area contributed by atoms with Gasteiger partial charge in [-0.15, -0.1) is 0 Å². The van der Waals surface area contributed by atoms with Gasteiger partial charge in [-0.1, -0.05) is 124 Å². The Balaban J connectivity index is 1.62. The molecule has 1 heterocycles. The molecule has 480 valence electrons. The average molecular weight is 1180 g/mol. The quantitative estimate of drug-likeness (QED) is 0.153. The molecule has 1 aromatic rings. The number of aryl methyl sites for hydroxylation is 1. The zero-order chi connectivity index (χ0) is 60.6. The standard InChI is InChI=1S/C67H129ClF3N11/c1-17-54(8)65-49-78(12)36-35-76(10)37-38-80(14)62(42-56-23-19-18-20-24-56)48-77(11)34-32-72-58(27-25-57-26-28-63(64(68)43-57)67(69,70)71)47-81(15)61(41-53(6)7)46-75-66(30-21-22-31-66)50-82(16)60(40-52(4)5)44-73-55(9)29-33-79(13)59(45-74-65)39-51(2)3/h26,28,43,51-56,58-62,65,72-75H,17-25,27,29-42,44-50H2,1-16H3/t54-,55+,58-,59-,60-,61-,62-,65+/m0/s1. The average Bonchev–Trinajstić information content (AvgIpc) is 3.88. The summed E-state index contributed by atoms with van der Waals surface area (Å²) in [6.07, 6.45) is 15.7. The van der Waals surface area contributed by atoms with Crippen LogP contribution in [0, 0.1) is 29.6 Å². The molecule has 2 aliphatic carbocycles. The van der Waals surface area contributed by atoms with E-state index in [1.54, 1.807) is 6.07 Å². The van der Waals surface area contributed by atoms with E-state index in [0.29, 0.717) is 66.3 Å². The van der Waals surface area contributed by atoms with E-state index in [-0.39, 0.29) is 16.6 Å². The minimum Gasteiger partial charge on any atom is -0.313 e. The maximum atomic E-state index is 13.8. The fourth-order valence-corrected chi connectivity index (χ4v) is 14.2. The number of rotatable bonds is 13. The van der Waals surface area contributed by atoms with E-state index >= 15 is 0 Å². The molecule has 4 rings (SSSR count). The predicted molar refractivity (Wildman–Crippen MR) is 347 cm³/mol. The van der Waals surface area contributed by atoms with Crippen molar-refractivity contribution in [1.82, 2.24) is 55.6 Å². The first kappa shape index (κ1) is 73.3. The minimum absolute atomic E-state index is 0.0665. The van der Waals surface area contributed by atoms with Crippen molar-refractivity contribution < 1.29 is 13.2 Å². The Morgan fingerprint density at radius 3 is 1.79 bits per heavy atom. The van der Waals surface area contributed by atoms with Gasteiger partial charge in [-0.05, 0) is 168 Å². The van der Waals surface area contributed by atoms with Gasteiger partial charge < -0.3 is 55.6 Å². The van der Waals surface area contributed by atoms with Gasteiger partial charge in [-0.2, -0.15) is 13.2 Å². The van der Waals surface area contributed by atoms with Crippen molar-refractivity contribution in [2.24, 2.45) is 29.6 Å². The Morgan fingerprint density at radius 2 is 1.18 bits per heavy atom. The molecule has 0 amide bonds. The Morgan fingerprint density at radius 1 is 0.610 bits per heavy atom. The minimum atomic E-state index is -4.47. The van der Waals surface area contributed by atoms with Crippen LogP contribution in [-0.4, -0.2) is 223 Å². The molecular weight excluding hydrogens is 1050 g/mol. The van der Waals surface area contributed by atoms with Gasteiger partial charge >= 0.3 is 6.18 Å². The second-order valence-electron chi connectivity index (χ2n) is 28.8. The van der Waals surface area contributed by atoms with Crippen molar-refractivity contribution in [3.05, 3.63) is 34.3 Å². The number of alkyl halides is 3. The van der Waals surface area contributed by atoms with Crippen molar-refractivity contribution >= 4 is 11.6 Å². The Kier molecular flexibility index (Phi) is 33.7.